The molecule has 0 saturated carbocycles. The number of rotatable bonds is 6. The van der Waals surface area contributed by atoms with Gasteiger partial charge >= 0.3 is 93.8 Å². The summed E-state index contributed by atoms with van der Waals surface area (Å²) in [6, 6.07) is 0. The SMILES string of the molecule is [2H]C([2H])([2H])C([2H])([2H])C([2H])([2H])[C]([2H])([2H])[SnH2][C]([2H])([2H])C([2H])([2H])C([2H])([2H])C([2H])([2H])[2H]. The van der Waals surface area contributed by atoms with Crippen LogP contribution in [0.15, 0.2) is 0 Å². The molecule has 0 aromatic rings. The summed E-state index contributed by atoms with van der Waals surface area (Å²) in [4.78, 5) is 0. The zero-order valence-electron chi connectivity index (χ0n) is 22.7. The summed E-state index contributed by atoms with van der Waals surface area (Å²) in [5, 5.41) is 0. The fraction of sp³-hybridized carbons (Fsp3) is 1.00. The zero-order valence-corrected chi connectivity index (χ0v) is 8.74. The topological polar surface area (TPSA) is 0 Å². The quantitative estimate of drug-likeness (QED) is 0.638. The third kappa shape index (κ3) is 8.80. The molecule has 0 atom stereocenters. The van der Waals surface area contributed by atoms with E-state index in [4.69, 9.17) is 24.7 Å². The Bertz CT molecular complexity index is 489. The summed E-state index contributed by atoms with van der Waals surface area (Å²) >= 11 is -4.32. The van der Waals surface area contributed by atoms with Crippen molar-refractivity contribution in [3.8, 4) is 0 Å². The van der Waals surface area contributed by atoms with E-state index in [1.165, 1.54) is 0 Å². The van der Waals surface area contributed by atoms with Crippen molar-refractivity contribution in [3.63, 3.8) is 0 Å². The van der Waals surface area contributed by atoms with E-state index in [1.807, 2.05) is 0 Å². The van der Waals surface area contributed by atoms with Gasteiger partial charge in [-0.3, -0.25) is 0 Å². The van der Waals surface area contributed by atoms with Crippen molar-refractivity contribution in [2.45, 2.75) is 48.0 Å². The van der Waals surface area contributed by atoms with Crippen molar-refractivity contribution in [1.29, 1.82) is 0 Å². The van der Waals surface area contributed by atoms with Crippen LogP contribution >= 0.6 is 0 Å². The van der Waals surface area contributed by atoms with Gasteiger partial charge in [0.05, 0.1) is 0 Å². The van der Waals surface area contributed by atoms with Gasteiger partial charge in [0, 0.05) is 0 Å². The van der Waals surface area contributed by atoms with Gasteiger partial charge in [0.2, 0.25) is 0 Å². The van der Waals surface area contributed by atoms with Crippen LogP contribution in [0, 0.1) is 0 Å². The Kier molecular flexibility index (Phi) is 1.03. The van der Waals surface area contributed by atoms with Gasteiger partial charge in [-0.15, -0.1) is 0 Å². The molecule has 0 unspecified atom stereocenters. The number of hydrogen-bond donors (Lipinski definition) is 0. The van der Waals surface area contributed by atoms with Gasteiger partial charge in [0.25, 0.3) is 0 Å². The Labute approximate surface area is 94.9 Å². The molecule has 56 valence electrons. The van der Waals surface area contributed by atoms with Crippen LogP contribution in [0.2, 0.25) is 8.78 Å². The normalized spacial score (nSPS) is 52.0. The standard InChI is InChI=1S/2C4H9.Sn.2H/c2*1-3-4-2;;;/h2*1,3-4H2,2H3;;;/i2*1D2,2D3,3D2,4D2;;;. The summed E-state index contributed by atoms with van der Waals surface area (Å²) < 4.78 is 127. The van der Waals surface area contributed by atoms with E-state index in [0.717, 1.165) is 0 Å². The van der Waals surface area contributed by atoms with E-state index in [2.05, 4.69) is 0 Å². The molecule has 0 N–H and O–H groups in total. The van der Waals surface area contributed by atoms with E-state index in [1.54, 1.807) is 0 Å². The van der Waals surface area contributed by atoms with E-state index in [-0.39, 0.29) is 0 Å². The minimum absolute atomic E-state index is 3.44. The predicted octanol–water partition coefficient (Wildman–Crippen LogP) is 2.59. The maximum absolute atomic E-state index is 7.79. The second-order valence-corrected chi connectivity index (χ2v) is 4.06. The van der Waals surface area contributed by atoms with Crippen LogP contribution in [0.25, 0.3) is 0 Å². The molecule has 0 amide bonds. The van der Waals surface area contributed by atoms with Crippen LogP contribution in [0.4, 0.5) is 0 Å². The van der Waals surface area contributed by atoms with Crippen LogP contribution in [0.1, 0.15) is 63.9 Å². The first-order valence-corrected chi connectivity index (χ1v) is 6.24. The van der Waals surface area contributed by atoms with Crippen LogP contribution in [-0.4, -0.2) is 21.1 Å². The first-order chi connectivity index (χ1) is 11.2. The van der Waals surface area contributed by atoms with Gasteiger partial charge in [-0.1, -0.05) is 0 Å². The van der Waals surface area contributed by atoms with E-state index in [0.29, 0.717) is 0 Å². The molecule has 0 spiro atoms. The molecule has 0 bridgehead atoms. The minimum atomic E-state index is -4.32. The molecule has 0 heterocycles. The third-order valence-corrected chi connectivity index (χ3v) is 2.50. The van der Waals surface area contributed by atoms with Crippen LogP contribution in [0.5, 0.6) is 0 Å². The first kappa shape index (κ1) is 1.06. The second kappa shape index (κ2) is 8.80. The molecule has 0 aliphatic heterocycles. The molecule has 0 aliphatic rings. The molecule has 0 radical (unpaired) electrons. The van der Waals surface area contributed by atoms with Crippen LogP contribution < -0.4 is 0 Å². The van der Waals surface area contributed by atoms with Gasteiger partial charge in [-0.05, 0) is 0 Å². The Hall–Kier alpha value is 0.799. The Morgan fingerprint density at radius 2 is 1.78 bits per heavy atom. The average Bonchev–Trinajstić information content (AvgIpc) is 2.33. The fourth-order valence-electron chi connectivity index (χ4n) is 0.221. The summed E-state index contributed by atoms with van der Waals surface area (Å²) in [5.41, 5.74) is 0. The van der Waals surface area contributed by atoms with Crippen molar-refractivity contribution in [2.75, 3.05) is 0 Å². The molecule has 0 aromatic carbocycles. The van der Waals surface area contributed by atoms with E-state index < -0.39 is 69.1 Å². The Balaban J connectivity index is 6.19. The van der Waals surface area contributed by atoms with Gasteiger partial charge in [0.15, 0.2) is 0 Å². The van der Waals surface area contributed by atoms with Gasteiger partial charge in [0.1, 0.15) is 0 Å². The maximum atomic E-state index is 7.79. The summed E-state index contributed by atoms with van der Waals surface area (Å²) in [6.45, 7) is -7.23. The Morgan fingerprint density at radius 1 is 1.22 bits per heavy atom. The average molecular weight is 253 g/mol. The van der Waals surface area contributed by atoms with Crippen molar-refractivity contribution in [2.24, 2.45) is 0 Å². The van der Waals surface area contributed by atoms with Crippen molar-refractivity contribution in [1.82, 2.24) is 0 Å². The summed E-state index contributed by atoms with van der Waals surface area (Å²) in [6.07, 6.45) is -15.0. The molecule has 1 heteroatoms. The molecule has 0 aliphatic carbocycles. The summed E-state index contributed by atoms with van der Waals surface area (Å²) in [7, 11) is 0. The third-order valence-electron chi connectivity index (χ3n) is 0.479. The second-order valence-electron chi connectivity index (χ2n) is 1.03. The van der Waals surface area contributed by atoms with Gasteiger partial charge < -0.3 is 0 Å². The molecule has 0 rings (SSSR count). The van der Waals surface area contributed by atoms with E-state index >= 15 is 0 Å². The fourth-order valence-corrected chi connectivity index (χ4v) is 1.48. The molecule has 0 fully saturated rings. The van der Waals surface area contributed by atoms with Crippen molar-refractivity contribution < 1.29 is 24.7 Å². The monoisotopic (exact) mass is 254 g/mol. The first-order valence-electron chi connectivity index (χ1n) is 11.2. The van der Waals surface area contributed by atoms with Crippen molar-refractivity contribution >= 4 is 21.1 Å². The van der Waals surface area contributed by atoms with Crippen molar-refractivity contribution in [3.05, 3.63) is 0 Å². The zero-order chi connectivity index (χ0) is 22.7. The molecule has 0 saturated heterocycles. The predicted molar refractivity (Wildman–Crippen MR) is 48.0 cm³/mol. The molecule has 0 aromatic heterocycles. The number of hydrogen-bond acceptors (Lipinski definition) is 0. The van der Waals surface area contributed by atoms with Gasteiger partial charge in [-0.2, -0.15) is 0 Å². The molecular weight excluding hydrogens is 215 g/mol. The van der Waals surface area contributed by atoms with E-state index in [9.17, 15) is 0 Å². The van der Waals surface area contributed by atoms with Crippen LogP contribution in [-0.2, 0) is 0 Å². The molecule has 0 nitrogen and oxygen atoms in total. The van der Waals surface area contributed by atoms with Gasteiger partial charge in [-0.25, -0.2) is 0 Å². The summed E-state index contributed by atoms with van der Waals surface area (Å²) in [5.74, 6) is 0. The molecule has 9 heavy (non-hydrogen) atoms. The molecular formula is C8H20Sn. The van der Waals surface area contributed by atoms with Crippen LogP contribution in [0.3, 0.4) is 0 Å². The Morgan fingerprint density at radius 3 is 2.22 bits per heavy atom.